The fourth-order valence-electron chi connectivity index (χ4n) is 1.53. The van der Waals surface area contributed by atoms with Crippen LogP contribution in [-0.4, -0.2) is 50.6 Å². The molecule has 110 valence electrons. The maximum Gasteiger partial charge on any atom is 0.255 e. The van der Waals surface area contributed by atoms with Crippen molar-refractivity contribution in [1.29, 1.82) is 0 Å². The van der Waals surface area contributed by atoms with E-state index >= 15 is 0 Å². The Kier molecular flexibility index (Phi) is 7.04. The number of likely N-dealkylation sites (N-methyl/N-ethyl adjacent to an activating group) is 1. The second kappa shape index (κ2) is 8.28. The summed E-state index contributed by atoms with van der Waals surface area (Å²) in [6.45, 7) is 0.857. The first-order chi connectivity index (χ1) is 9.45. The van der Waals surface area contributed by atoms with Crippen molar-refractivity contribution in [3.63, 3.8) is 0 Å². The molecule has 0 bridgehead atoms. The highest BCUT2D eigenvalue weighted by atomic mass is 79.9. The molecule has 0 saturated heterocycles. The van der Waals surface area contributed by atoms with Crippen LogP contribution in [0.3, 0.4) is 0 Å². The third-order valence-electron chi connectivity index (χ3n) is 2.55. The Morgan fingerprint density at radius 2 is 2.15 bits per heavy atom. The summed E-state index contributed by atoms with van der Waals surface area (Å²) in [5.41, 5.74) is 0.462. The van der Waals surface area contributed by atoms with Gasteiger partial charge in [-0.1, -0.05) is 15.9 Å². The number of methoxy groups -OCH3 is 1. The van der Waals surface area contributed by atoms with Crippen LogP contribution in [0.15, 0.2) is 27.6 Å². The number of hydrogen-bond donors (Lipinski definition) is 2. The van der Waals surface area contributed by atoms with Gasteiger partial charge in [-0.2, -0.15) is 0 Å². The number of rotatable bonds is 6. The lowest BCUT2D eigenvalue weighted by atomic mass is 10.2. The Morgan fingerprint density at radius 1 is 1.45 bits per heavy atom. The number of halogens is 1. The van der Waals surface area contributed by atoms with E-state index in [0.29, 0.717) is 23.6 Å². The van der Waals surface area contributed by atoms with Crippen molar-refractivity contribution in [3.8, 4) is 0 Å². The van der Waals surface area contributed by atoms with E-state index in [1.165, 1.54) is 4.90 Å². The highest BCUT2D eigenvalue weighted by Gasteiger charge is 2.17. The molecule has 0 atom stereocenters. The second-order valence-corrected chi connectivity index (χ2v) is 5.56. The number of thiol groups is 1. The summed E-state index contributed by atoms with van der Waals surface area (Å²) in [7, 11) is 3.14. The number of carbonyl (C=O) groups excluding carboxylic acids is 2. The number of carbonyl (C=O) groups is 2. The minimum atomic E-state index is -0.246. The molecule has 0 saturated carbocycles. The Labute approximate surface area is 132 Å². The van der Waals surface area contributed by atoms with Crippen LogP contribution in [-0.2, 0) is 9.53 Å². The molecule has 0 aliphatic heterocycles. The predicted octanol–water partition coefficient (Wildman–Crippen LogP) is 1.57. The second-order valence-electron chi connectivity index (χ2n) is 4.17. The van der Waals surface area contributed by atoms with Crippen LogP contribution in [0, 0.1) is 0 Å². The van der Waals surface area contributed by atoms with E-state index in [1.54, 1.807) is 32.4 Å². The molecule has 0 aliphatic rings. The van der Waals surface area contributed by atoms with Crippen molar-refractivity contribution in [2.24, 2.45) is 0 Å². The maximum absolute atomic E-state index is 12.2. The number of nitrogens with one attached hydrogen (secondary N) is 1. The van der Waals surface area contributed by atoms with Gasteiger partial charge in [-0.25, -0.2) is 0 Å². The molecule has 0 aromatic heterocycles. The summed E-state index contributed by atoms with van der Waals surface area (Å²) >= 11 is 7.57. The molecule has 0 spiro atoms. The first-order valence-corrected chi connectivity index (χ1v) is 7.19. The standard InChI is InChI=1S/C13H17BrN2O3S/c1-16(8-12(17)15-5-6-19-2)13(18)10-4-3-9(14)7-11(10)20/h3-4,7,20H,5-6,8H2,1-2H3,(H,15,17). The molecule has 7 heteroatoms. The van der Waals surface area contributed by atoms with Gasteiger partial charge >= 0.3 is 0 Å². The first kappa shape index (κ1) is 17.0. The monoisotopic (exact) mass is 360 g/mol. The zero-order valence-corrected chi connectivity index (χ0v) is 13.8. The van der Waals surface area contributed by atoms with E-state index < -0.39 is 0 Å². The van der Waals surface area contributed by atoms with E-state index in [0.717, 1.165) is 4.47 Å². The summed E-state index contributed by atoms with van der Waals surface area (Å²) in [5.74, 6) is -0.472. The van der Waals surface area contributed by atoms with Crippen LogP contribution in [0.5, 0.6) is 0 Å². The Hall–Kier alpha value is -1.05. The molecule has 1 rings (SSSR count). The molecule has 20 heavy (non-hydrogen) atoms. The van der Waals surface area contributed by atoms with Crippen LogP contribution in [0.2, 0.25) is 0 Å². The van der Waals surface area contributed by atoms with Gasteiger partial charge in [-0.15, -0.1) is 12.6 Å². The van der Waals surface area contributed by atoms with Crippen molar-refractivity contribution >= 4 is 40.4 Å². The molecule has 5 nitrogen and oxygen atoms in total. The zero-order valence-electron chi connectivity index (χ0n) is 11.4. The van der Waals surface area contributed by atoms with Crippen molar-refractivity contribution < 1.29 is 14.3 Å². The summed E-state index contributed by atoms with van der Waals surface area (Å²) in [6, 6.07) is 5.18. The molecule has 0 fully saturated rings. The van der Waals surface area contributed by atoms with Crippen molar-refractivity contribution in [1.82, 2.24) is 10.2 Å². The highest BCUT2D eigenvalue weighted by Crippen LogP contribution is 2.20. The lowest BCUT2D eigenvalue weighted by Crippen LogP contribution is -2.39. The van der Waals surface area contributed by atoms with Gasteiger partial charge in [-0.3, -0.25) is 9.59 Å². The third-order valence-corrected chi connectivity index (χ3v) is 3.41. The smallest absolute Gasteiger partial charge is 0.255 e. The van der Waals surface area contributed by atoms with Gasteiger partial charge < -0.3 is 15.0 Å². The fraction of sp³-hybridized carbons (Fsp3) is 0.385. The molecule has 1 N–H and O–H groups in total. The zero-order chi connectivity index (χ0) is 15.1. The molecule has 1 aromatic rings. The number of ether oxygens (including phenoxy) is 1. The van der Waals surface area contributed by atoms with Crippen LogP contribution in [0.4, 0.5) is 0 Å². The quantitative estimate of drug-likeness (QED) is 0.598. The van der Waals surface area contributed by atoms with Gasteiger partial charge in [0, 0.05) is 30.1 Å². The minimum Gasteiger partial charge on any atom is -0.383 e. The molecule has 2 amide bonds. The molecule has 0 unspecified atom stereocenters. The largest absolute Gasteiger partial charge is 0.383 e. The van der Waals surface area contributed by atoms with Crippen LogP contribution >= 0.6 is 28.6 Å². The maximum atomic E-state index is 12.2. The molecule has 1 aromatic carbocycles. The fourth-order valence-corrected chi connectivity index (χ4v) is 2.37. The Balaban J connectivity index is 2.60. The number of benzene rings is 1. The summed E-state index contributed by atoms with van der Waals surface area (Å²) < 4.78 is 5.68. The molecule has 0 radical (unpaired) electrons. The first-order valence-electron chi connectivity index (χ1n) is 5.95. The van der Waals surface area contributed by atoms with Gasteiger partial charge in [0.25, 0.3) is 5.91 Å². The molecular formula is C13H17BrN2O3S. The van der Waals surface area contributed by atoms with Crippen molar-refractivity contribution in [2.75, 3.05) is 33.9 Å². The lowest BCUT2D eigenvalue weighted by Gasteiger charge is -2.17. The SMILES string of the molecule is COCCNC(=O)CN(C)C(=O)c1ccc(Br)cc1S. The van der Waals surface area contributed by atoms with Crippen LogP contribution in [0.25, 0.3) is 0 Å². The van der Waals surface area contributed by atoms with Gasteiger partial charge in [-0.05, 0) is 18.2 Å². The number of hydrogen-bond acceptors (Lipinski definition) is 4. The van der Waals surface area contributed by atoms with E-state index in [4.69, 9.17) is 4.74 Å². The van der Waals surface area contributed by atoms with Gasteiger partial charge in [0.05, 0.1) is 18.7 Å². The normalized spacial score (nSPS) is 10.2. The summed E-state index contributed by atoms with van der Waals surface area (Å²) in [5, 5.41) is 2.66. The average molecular weight is 361 g/mol. The Bertz CT molecular complexity index is 497. The summed E-state index contributed by atoms with van der Waals surface area (Å²) in [4.78, 5) is 25.7. The average Bonchev–Trinajstić information content (AvgIpc) is 2.38. The topological polar surface area (TPSA) is 58.6 Å². The minimum absolute atomic E-state index is 0.00811. The van der Waals surface area contributed by atoms with Crippen molar-refractivity contribution in [3.05, 3.63) is 28.2 Å². The van der Waals surface area contributed by atoms with E-state index in [2.05, 4.69) is 33.9 Å². The molecule has 0 aliphatic carbocycles. The van der Waals surface area contributed by atoms with Gasteiger partial charge in [0.1, 0.15) is 0 Å². The van der Waals surface area contributed by atoms with Gasteiger partial charge in [0.15, 0.2) is 0 Å². The lowest BCUT2D eigenvalue weighted by molar-refractivity contribution is -0.121. The third kappa shape index (κ3) is 5.15. The van der Waals surface area contributed by atoms with E-state index in [-0.39, 0.29) is 18.4 Å². The van der Waals surface area contributed by atoms with Crippen LogP contribution < -0.4 is 5.32 Å². The molecule has 0 heterocycles. The van der Waals surface area contributed by atoms with Crippen LogP contribution in [0.1, 0.15) is 10.4 Å². The summed E-state index contributed by atoms with van der Waals surface area (Å²) in [6.07, 6.45) is 0. The van der Waals surface area contributed by atoms with Gasteiger partial charge in [0.2, 0.25) is 5.91 Å². The predicted molar refractivity (Wildman–Crippen MR) is 83.2 cm³/mol. The molecular weight excluding hydrogens is 344 g/mol. The van der Waals surface area contributed by atoms with E-state index in [9.17, 15) is 9.59 Å². The van der Waals surface area contributed by atoms with E-state index in [1.807, 2.05) is 0 Å². The highest BCUT2D eigenvalue weighted by molar-refractivity contribution is 9.10. The number of nitrogens with zero attached hydrogens (tertiary/aromatic N) is 1. The Morgan fingerprint density at radius 3 is 2.75 bits per heavy atom. The number of amides is 2. The van der Waals surface area contributed by atoms with Crippen molar-refractivity contribution in [2.45, 2.75) is 4.90 Å².